The van der Waals surface area contributed by atoms with Crippen LogP contribution >= 0.6 is 15.9 Å². The van der Waals surface area contributed by atoms with Gasteiger partial charge in [0.25, 0.3) is 0 Å². The van der Waals surface area contributed by atoms with Gasteiger partial charge in [0.05, 0.1) is 5.56 Å². The van der Waals surface area contributed by atoms with E-state index in [0.29, 0.717) is 11.1 Å². The first kappa shape index (κ1) is 15.7. The van der Waals surface area contributed by atoms with Gasteiger partial charge in [-0.05, 0) is 62.2 Å². The molecule has 2 rings (SSSR count). The topological polar surface area (TPSA) is 26.3 Å². The number of rotatable bonds is 2. The number of benzene rings is 2. The van der Waals surface area contributed by atoms with E-state index in [1.807, 2.05) is 26.8 Å². The summed E-state index contributed by atoms with van der Waals surface area (Å²) in [5, 5.41) is 0. The van der Waals surface area contributed by atoms with E-state index in [-0.39, 0.29) is 5.82 Å². The Morgan fingerprint density at radius 1 is 1.10 bits per heavy atom. The first-order valence-electron chi connectivity index (χ1n) is 6.54. The van der Waals surface area contributed by atoms with Crippen molar-refractivity contribution in [2.75, 3.05) is 0 Å². The fourth-order valence-corrected chi connectivity index (χ4v) is 2.37. The van der Waals surface area contributed by atoms with Crippen LogP contribution in [0.3, 0.4) is 0 Å². The third-order valence-electron chi connectivity index (χ3n) is 2.69. The number of hydrogen-bond acceptors (Lipinski definition) is 2. The van der Waals surface area contributed by atoms with Gasteiger partial charge in [0, 0.05) is 4.47 Å². The number of halogens is 2. The average molecular weight is 351 g/mol. The van der Waals surface area contributed by atoms with Crippen LogP contribution < -0.4 is 0 Å². The molecule has 0 saturated heterocycles. The van der Waals surface area contributed by atoms with Crippen molar-refractivity contribution in [2.45, 2.75) is 26.4 Å². The summed E-state index contributed by atoms with van der Waals surface area (Å²) in [6.45, 7) is 5.45. The molecular weight excluding hydrogens is 335 g/mol. The summed E-state index contributed by atoms with van der Waals surface area (Å²) in [7, 11) is 0. The van der Waals surface area contributed by atoms with Gasteiger partial charge in [-0.15, -0.1) is 0 Å². The molecule has 0 heterocycles. The van der Waals surface area contributed by atoms with Crippen LogP contribution in [0, 0.1) is 5.82 Å². The summed E-state index contributed by atoms with van der Waals surface area (Å²) >= 11 is 3.38. The van der Waals surface area contributed by atoms with E-state index in [9.17, 15) is 9.18 Å². The van der Waals surface area contributed by atoms with Crippen molar-refractivity contribution in [1.82, 2.24) is 0 Å². The molecule has 0 saturated carbocycles. The molecule has 0 bridgehead atoms. The molecule has 2 aromatic carbocycles. The smallest absolute Gasteiger partial charge is 0.338 e. The molecule has 0 atom stereocenters. The summed E-state index contributed by atoms with van der Waals surface area (Å²) in [5.74, 6) is -0.715. The second-order valence-corrected chi connectivity index (χ2v) is 6.66. The highest BCUT2D eigenvalue weighted by Crippen LogP contribution is 2.26. The molecular formula is C17H16BrFO2. The Labute approximate surface area is 132 Å². The normalized spacial score (nSPS) is 11.3. The van der Waals surface area contributed by atoms with Gasteiger partial charge in [0.2, 0.25) is 0 Å². The van der Waals surface area contributed by atoms with Crippen LogP contribution in [0.25, 0.3) is 11.1 Å². The number of carbonyl (C=O) groups excluding carboxylic acids is 1. The molecule has 0 spiro atoms. The summed E-state index contributed by atoms with van der Waals surface area (Å²) in [6, 6.07) is 11.5. The fourth-order valence-electron chi connectivity index (χ4n) is 1.88. The predicted octanol–water partition coefficient (Wildman–Crippen LogP) is 5.21. The molecule has 0 amide bonds. The molecule has 110 valence electrons. The number of carbonyl (C=O) groups is 1. The van der Waals surface area contributed by atoms with Crippen molar-refractivity contribution >= 4 is 21.9 Å². The fraction of sp³-hybridized carbons (Fsp3) is 0.235. The van der Waals surface area contributed by atoms with Gasteiger partial charge in [0.15, 0.2) is 0 Å². The van der Waals surface area contributed by atoms with Crippen LogP contribution in [-0.2, 0) is 4.74 Å². The minimum absolute atomic E-state index is 0.314. The largest absolute Gasteiger partial charge is 0.456 e. The van der Waals surface area contributed by atoms with Crippen molar-refractivity contribution in [1.29, 1.82) is 0 Å². The maximum absolute atomic E-state index is 13.3. The van der Waals surface area contributed by atoms with Gasteiger partial charge < -0.3 is 4.74 Å². The molecule has 21 heavy (non-hydrogen) atoms. The maximum Gasteiger partial charge on any atom is 0.338 e. The highest BCUT2D eigenvalue weighted by Gasteiger charge is 2.18. The SMILES string of the molecule is CC(C)(C)OC(=O)c1cc(Br)cc(-c2cccc(F)c2)c1. The first-order chi connectivity index (χ1) is 9.74. The summed E-state index contributed by atoms with van der Waals surface area (Å²) in [5.41, 5.74) is 1.34. The third kappa shape index (κ3) is 4.39. The molecule has 2 aromatic rings. The Kier molecular flexibility index (Phi) is 4.47. The molecule has 0 N–H and O–H groups in total. The lowest BCUT2D eigenvalue weighted by atomic mass is 10.0. The van der Waals surface area contributed by atoms with Crippen molar-refractivity contribution < 1.29 is 13.9 Å². The summed E-state index contributed by atoms with van der Waals surface area (Å²) in [4.78, 5) is 12.1. The van der Waals surface area contributed by atoms with Crippen molar-refractivity contribution in [2.24, 2.45) is 0 Å². The molecule has 0 aliphatic rings. The van der Waals surface area contributed by atoms with Crippen LogP contribution in [0.5, 0.6) is 0 Å². The van der Waals surface area contributed by atoms with Crippen molar-refractivity contribution in [3.05, 3.63) is 58.3 Å². The Bertz CT molecular complexity index is 675. The Morgan fingerprint density at radius 2 is 1.81 bits per heavy atom. The zero-order chi connectivity index (χ0) is 15.6. The van der Waals surface area contributed by atoms with E-state index < -0.39 is 11.6 Å². The predicted molar refractivity (Wildman–Crippen MR) is 84.7 cm³/mol. The van der Waals surface area contributed by atoms with E-state index in [4.69, 9.17) is 4.74 Å². The quantitative estimate of drug-likeness (QED) is 0.694. The second-order valence-electron chi connectivity index (χ2n) is 5.74. The zero-order valence-corrected chi connectivity index (χ0v) is 13.7. The zero-order valence-electron chi connectivity index (χ0n) is 12.1. The molecule has 0 fully saturated rings. The Morgan fingerprint density at radius 3 is 2.43 bits per heavy atom. The van der Waals surface area contributed by atoms with Gasteiger partial charge in [-0.1, -0.05) is 28.1 Å². The highest BCUT2D eigenvalue weighted by molar-refractivity contribution is 9.10. The molecule has 0 aromatic heterocycles. The second kappa shape index (κ2) is 5.98. The molecule has 0 radical (unpaired) electrons. The maximum atomic E-state index is 13.3. The lowest BCUT2D eigenvalue weighted by Crippen LogP contribution is -2.23. The van der Waals surface area contributed by atoms with E-state index in [1.54, 1.807) is 24.3 Å². The number of hydrogen-bond donors (Lipinski definition) is 0. The number of esters is 1. The molecule has 0 aliphatic carbocycles. The minimum Gasteiger partial charge on any atom is -0.456 e. The van der Waals surface area contributed by atoms with Crippen molar-refractivity contribution in [3.8, 4) is 11.1 Å². The Hall–Kier alpha value is -1.68. The van der Waals surface area contributed by atoms with E-state index in [0.717, 1.165) is 10.0 Å². The molecule has 0 aliphatic heterocycles. The van der Waals surface area contributed by atoms with Crippen LogP contribution in [-0.4, -0.2) is 11.6 Å². The lowest BCUT2D eigenvalue weighted by molar-refractivity contribution is 0.00695. The van der Waals surface area contributed by atoms with Gasteiger partial charge in [-0.25, -0.2) is 9.18 Å². The summed E-state index contributed by atoms with van der Waals surface area (Å²) in [6.07, 6.45) is 0. The van der Waals surface area contributed by atoms with Crippen LogP contribution in [0.2, 0.25) is 0 Å². The first-order valence-corrected chi connectivity index (χ1v) is 7.34. The van der Waals surface area contributed by atoms with Gasteiger partial charge in [0.1, 0.15) is 11.4 Å². The minimum atomic E-state index is -0.557. The van der Waals surface area contributed by atoms with Gasteiger partial charge in [-0.2, -0.15) is 0 Å². The van der Waals surface area contributed by atoms with Gasteiger partial charge in [-0.3, -0.25) is 0 Å². The standard InChI is InChI=1S/C17H16BrFO2/c1-17(2,3)21-16(20)13-7-12(8-14(18)9-13)11-5-4-6-15(19)10-11/h4-10H,1-3H3. The van der Waals surface area contributed by atoms with Crippen LogP contribution in [0.1, 0.15) is 31.1 Å². The van der Waals surface area contributed by atoms with E-state index >= 15 is 0 Å². The summed E-state index contributed by atoms with van der Waals surface area (Å²) < 4.78 is 19.4. The van der Waals surface area contributed by atoms with E-state index in [2.05, 4.69) is 15.9 Å². The highest BCUT2D eigenvalue weighted by atomic mass is 79.9. The van der Waals surface area contributed by atoms with E-state index in [1.165, 1.54) is 12.1 Å². The molecule has 0 unspecified atom stereocenters. The monoisotopic (exact) mass is 350 g/mol. The lowest BCUT2D eigenvalue weighted by Gasteiger charge is -2.19. The molecule has 4 heteroatoms. The Balaban J connectivity index is 2.40. The molecule has 2 nitrogen and oxygen atoms in total. The number of ether oxygens (including phenoxy) is 1. The van der Waals surface area contributed by atoms with Crippen LogP contribution in [0.15, 0.2) is 46.9 Å². The van der Waals surface area contributed by atoms with Gasteiger partial charge >= 0.3 is 5.97 Å². The average Bonchev–Trinajstić information content (AvgIpc) is 2.36. The van der Waals surface area contributed by atoms with Crippen molar-refractivity contribution in [3.63, 3.8) is 0 Å². The van der Waals surface area contributed by atoms with Crippen LogP contribution in [0.4, 0.5) is 4.39 Å². The third-order valence-corrected chi connectivity index (χ3v) is 3.15.